The van der Waals surface area contributed by atoms with Crippen LogP contribution in [0.5, 0.6) is 0 Å². The van der Waals surface area contributed by atoms with E-state index in [9.17, 15) is 13.2 Å². The molecule has 1 aromatic rings. The maximum atomic E-state index is 12.5. The van der Waals surface area contributed by atoms with Crippen molar-refractivity contribution in [3.8, 4) is 0 Å². The molecule has 110 valence electrons. The molecule has 0 radical (unpaired) electrons. The van der Waals surface area contributed by atoms with Crippen molar-refractivity contribution in [1.82, 2.24) is 4.31 Å². The highest BCUT2D eigenvalue weighted by Crippen LogP contribution is 2.22. The van der Waals surface area contributed by atoms with E-state index in [1.54, 1.807) is 11.9 Å². The molecule has 1 aromatic carbocycles. The predicted octanol–water partition coefficient (Wildman–Crippen LogP) is 1.32. The third-order valence-electron chi connectivity index (χ3n) is 3.68. The van der Waals surface area contributed by atoms with Crippen LogP contribution in [-0.4, -0.2) is 45.0 Å². The summed E-state index contributed by atoms with van der Waals surface area (Å²) in [7, 11) is -1.49. The number of para-hydroxylation sites is 1. The average molecular weight is 296 g/mol. The van der Waals surface area contributed by atoms with E-state index >= 15 is 0 Å². The fourth-order valence-corrected chi connectivity index (χ4v) is 3.41. The fourth-order valence-electron chi connectivity index (χ4n) is 2.50. The summed E-state index contributed by atoms with van der Waals surface area (Å²) in [6, 6.07) is 9.39. The SMILES string of the molecule is CN(C(=O)[C@H]1CCCN(S(C)(=O)=O)C1)c1ccccc1. The van der Waals surface area contributed by atoms with E-state index in [1.807, 2.05) is 30.3 Å². The van der Waals surface area contributed by atoms with Gasteiger partial charge in [-0.1, -0.05) is 18.2 Å². The van der Waals surface area contributed by atoms with Crippen LogP contribution < -0.4 is 4.90 Å². The molecule has 1 aliphatic rings. The summed E-state index contributed by atoms with van der Waals surface area (Å²) in [5.74, 6) is -0.284. The Hall–Kier alpha value is -1.40. The smallest absolute Gasteiger partial charge is 0.231 e. The zero-order chi connectivity index (χ0) is 14.8. The number of carbonyl (C=O) groups excluding carboxylic acids is 1. The first kappa shape index (κ1) is 15.0. The molecule has 1 aliphatic heterocycles. The molecule has 20 heavy (non-hydrogen) atoms. The van der Waals surface area contributed by atoms with Crippen molar-refractivity contribution >= 4 is 21.6 Å². The Labute approximate surface area is 120 Å². The third-order valence-corrected chi connectivity index (χ3v) is 4.95. The topological polar surface area (TPSA) is 57.7 Å². The maximum absolute atomic E-state index is 12.5. The Bertz CT molecular complexity index is 571. The highest BCUT2D eigenvalue weighted by atomic mass is 32.2. The van der Waals surface area contributed by atoms with Crippen LogP contribution in [0, 0.1) is 5.92 Å². The van der Waals surface area contributed by atoms with E-state index in [-0.39, 0.29) is 18.4 Å². The zero-order valence-corrected chi connectivity index (χ0v) is 12.6. The lowest BCUT2D eigenvalue weighted by atomic mass is 9.98. The van der Waals surface area contributed by atoms with Crippen LogP contribution in [-0.2, 0) is 14.8 Å². The van der Waals surface area contributed by atoms with Crippen molar-refractivity contribution in [3.05, 3.63) is 30.3 Å². The van der Waals surface area contributed by atoms with Crippen LogP contribution in [0.25, 0.3) is 0 Å². The van der Waals surface area contributed by atoms with Crippen LogP contribution in [0.1, 0.15) is 12.8 Å². The molecule has 1 fully saturated rings. The van der Waals surface area contributed by atoms with Gasteiger partial charge in [0.15, 0.2) is 0 Å². The fraction of sp³-hybridized carbons (Fsp3) is 0.500. The van der Waals surface area contributed by atoms with Gasteiger partial charge in [0.25, 0.3) is 0 Å². The van der Waals surface area contributed by atoms with Gasteiger partial charge in [-0.15, -0.1) is 0 Å². The molecule has 2 rings (SSSR count). The standard InChI is InChI=1S/C14H20N2O3S/c1-15(13-8-4-3-5-9-13)14(17)12-7-6-10-16(11-12)20(2,18)19/h3-5,8-9,12H,6-7,10-11H2,1-2H3/t12-/m0/s1. The Morgan fingerprint density at radius 2 is 1.95 bits per heavy atom. The van der Waals surface area contributed by atoms with Crippen LogP contribution in [0.2, 0.25) is 0 Å². The first-order chi connectivity index (χ1) is 9.39. The molecule has 1 saturated heterocycles. The van der Waals surface area contributed by atoms with Crippen molar-refractivity contribution in [2.24, 2.45) is 5.92 Å². The molecule has 0 N–H and O–H groups in total. The summed E-state index contributed by atoms with van der Waals surface area (Å²) in [6.45, 7) is 0.798. The number of rotatable bonds is 3. The quantitative estimate of drug-likeness (QED) is 0.845. The third kappa shape index (κ3) is 3.37. The van der Waals surface area contributed by atoms with Gasteiger partial charge >= 0.3 is 0 Å². The second kappa shape index (κ2) is 5.93. The van der Waals surface area contributed by atoms with Gasteiger partial charge in [0.1, 0.15) is 0 Å². The van der Waals surface area contributed by atoms with Gasteiger partial charge in [-0.2, -0.15) is 0 Å². The van der Waals surface area contributed by atoms with E-state index in [0.717, 1.165) is 18.5 Å². The minimum atomic E-state index is -3.22. The molecule has 1 heterocycles. The summed E-state index contributed by atoms with van der Waals surface area (Å²) >= 11 is 0. The number of amides is 1. The summed E-state index contributed by atoms with van der Waals surface area (Å²) in [6.07, 6.45) is 2.66. The molecular formula is C14H20N2O3S. The Morgan fingerprint density at radius 3 is 2.55 bits per heavy atom. The average Bonchev–Trinajstić information content (AvgIpc) is 2.46. The number of hydrogen-bond donors (Lipinski definition) is 0. The molecule has 0 aromatic heterocycles. The maximum Gasteiger partial charge on any atom is 0.231 e. The van der Waals surface area contributed by atoms with E-state index in [4.69, 9.17) is 0 Å². The van der Waals surface area contributed by atoms with Crippen molar-refractivity contribution < 1.29 is 13.2 Å². The summed E-state index contributed by atoms with van der Waals surface area (Å²) in [5, 5.41) is 0. The van der Waals surface area contributed by atoms with Crippen molar-refractivity contribution in [2.45, 2.75) is 12.8 Å². The molecule has 0 saturated carbocycles. The van der Waals surface area contributed by atoms with Crippen molar-refractivity contribution in [3.63, 3.8) is 0 Å². The van der Waals surface area contributed by atoms with Crippen LogP contribution in [0.15, 0.2) is 30.3 Å². The first-order valence-electron chi connectivity index (χ1n) is 6.67. The number of piperidine rings is 1. The molecular weight excluding hydrogens is 276 g/mol. The van der Waals surface area contributed by atoms with E-state index < -0.39 is 10.0 Å². The van der Waals surface area contributed by atoms with Crippen LogP contribution in [0.3, 0.4) is 0 Å². The van der Waals surface area contributed by atoms with Crippen molar-refractivity contribution in [1.29, 1.82) is 0 Å². The molecule has 0 aliphatic carbocycles. The normalized spacial score (nSPS) is 20.6. The summed E-state index contributed by atoms with van der Waals surface area (Å²) in [5.41, 5.74) is 0.828. The Morgan fingerprint density at radius 1 is 1.30 bits per heavy atom. The molecule has 1 amide bonds. The van der Waals surface area contributed by atoms with Gasteiger partial charge in [0, 0.05) is 25.8 Å². The monoisotopic (exact) mass is 296 g/mol. The van der Waals surface area contributed by atoms with Gasteiger partial charge in [-0.05, 0) is 25.0 Å². The number of sulfonamides is 1. The van der Waals surface area contributed by atoms with E-state index in [0.29, 0.717) is 6.54 Å². The Kier molecular flexibility index (Phi) is 4.45. The van der Waals surface area contributed by atoms with E-state index in [1.165, 1.54) is 10.6 Å². The number of carbonyl (C=O) groups is 1. The lowest BCUT2D eigenvalue weighted by Crippen LogP contribution is -2.45. The number of benzene rings is 1. The molecule has 0 bridgehead atoms. The molecule has 6 heteroatoms. The van der Waals surface area contributed by atoms with Gasteiger partial charge < -0.3 is 4.90 Å². The second-order valence-corrected chi connectivity index (χ2v) is 7.18. The van der Waals surface area contributed by atoms with Gasteiger partial charge in [-0.25, -0.2) is 12.7 Å². The number of hydrogen-bond acceptors (Lipinski definition) is 3. The lowest BCUT2D eigenvalue weighted by molar-refractivity contribution is -0.123. The zero-order valence-electron chi connectivity index (χ0n) is 11.8. The van der Waals surface area contributed by atoms with Gasteiger partial charge in [0.2, 0.25) is 15.9 Å². The summed E-state index contributed by atoms with van der Waals surface area (Å²) < 4.78 is 24.6. The highest BCUT2D eigenvalue weighted by molar-refractivity contribution is 7.88. The second-order valence-electron chi connectivity index (χ2n) is 5.19. The first-order valence-corrected chi connectivity index (χ1v) is 8.52. The predicted molar refractivity (Wildman–Crippen MR) is 79.0 cm³/mol. The van der Waals surface area contributed by atoms with Crippen molar-refractivity contribution in [2.75, 3.05) is 31.3 Å². The molecule has 5 nitrogen and oxygen atoms in total. The van der Waals surface area contributed by atoms with Crippen LogP contribution in [0.4, 0.5) is 5.69 Å². The largest absolute Gasteiger partial charge is 0.315 e. The van der Waals surface area contributed by atoms with Crippen LogP contribution >= 0.6 is 0 Å². The molecule has 0 spiro atoms. The lowest BCUT2D eigenvalue weighted by Gasteiger charge is -2.32. The number of anilines is 1. The van der Waals surface area contributed by atoms with Gasteiger partial charge in [0.05, 0.1) is 12.2 Å². The minimum absolute atomic E-state index is 0.0236. The highest BCUT2D eigenvalue weighted by Gasteiger charge is 2.31. The van der Waals surface area contributed by atoms with E-state index in [2.05, 4.69) is 0 Å². The number of nitrogens with zero attached hydrogens (tertiary/aromatic N) is 2. The Balaban J connectivity index is 2.09. The molecule has 0 unspecified atom stereocenters. The molecule has 1 atom stereocenters. The minimum Gasteiger partial charge on any atom is -0.315 e. The van der Waals surface area contributed by atoms with Gasteiger partial charge in [-0.3, -0.25) is 4.79 Å². The summed E-state index contributed by atoms with van der Waals surface area (Å²) in [4.78, 5) is 14.1.